The van der Waals surface area contributed by atoms with Crippen LogP contribution in [0.15, 0.2) is 23.1 Å². The lowest BCUT2D eigenvalue weighted by Crippen LogP contribution is -2.28. The highest BCUT2D eigenvalue weighted by atomic mass is 32.2. The predicted octanol–water partition coefficient (Wildman–Crippen LogP) is 2.59. The van der Waals surface area contributed by atoms with Crippen LogP contribution in [0.4, 0.5) is 0 Å². The lowest BCUT2D eigenvalue weighted by atomic mass is 10.0. The summed E-state index contributed by atoms with van der Waals surface area (Å²) in [5.41, 5.74) is 1.30. The van der Waals surface area contributed by atoms with Gasteiger partial charge in [0.25, 0.3) is 0 Å². The molecule has 0 saturated carbocycles. The van der Waals surface area contributed by atoms with Crippen molar-refractivity contribution in [1.82, 2.24) is 5.32 Å². The van der Waals surface area contributed by atoms with E-state index in [1.165, 1.54) is 16.9 Å². The summed E-state index contributed by atoms with van der Waals surface area (Å²) < 4.78 is 5.31. The second-order valence-electron chi connectivity index (χ2n) is 4.70. The third-order valence-corrected chi connectivity index (χ3v) is 4.32. The Hall–Kier alpha value is -0.710. The molecular formula is C14H21NO2S. The maximum Gasteiger partial charge on any atom is 0.119 e. The molecule has 0 spiro atoms. The van der Waals surface area contributed by atoms with E-state index in [9.17, 15) is 5.11 Å². The Morgan fingerprint density at radius 1 is 1.56 bits per heavy atom. The first kappa shape index (κ1) is 13.7. The molecule has 1 aromatic rings. The van der Waals surface area contributed by atoms with Crippen molar-refractivity contribution >= 4 is 11.8 Å². The maximum atomic E-state index is 9.41. The van der Waals surface area contributed by atoms with Crippen molar-refractivity contribution in [1.29, 1.82) is 0 Å². The number of thioether (sulfide) groups is 1. The van der Waals surface area contributed by atoms with Crippen LogP contribution >= 0.6 is 11.8 Å². The molecule has 2 N–H and O–H groups in total. The summed E-state index contributed by atoms with van der Waals surface area (Å²) in [4.78, 5) is 1.33. The lowest BCUT2D eigenvalue weighted by Gasteiger charge is -2.20. The fraction of sp³-hybridized carbons (Fsp3) is 0.571. The first-order valence-corrected chi connectivity index (χ1v) is 7.41. The Labute approximate surface area is 113 Å². The van der Waals surface area contributed by atoms with Crippen LogP contribution in [0.25, 0.3) is 0 Å². The first-order valence-electron chi connectivity index (χ1n) is 6.43. The van der Waals surface area contributed by atoms with Gasteiger partial charge in [-0.25, -0.2) is 0 Å². The number of nitrogens with one attached hydrogen (secondary N) is 1. The smallest absolute Gasteiger partial charge is 0.119 e. The van der Waals surface area contributed by atoms with E-state index in [0.29, 0.717) is 12.6 Å². The van der Waals surface area contributed by atoms with Gasteiger partial charge in [0.2, 0.25) is 0 Å². The fourth-order valence-electron chi connectivity index (χ4n) is 2.21. The van der Waals surface area contributed by atoms with Crippen molar-refractivity contribution in [2.24, 2.45) is 0 Å². The molecule has 0 fully saturated rings. The summed E-state index contributed by atoms with van der Waals surface area (Å²) in [6.07, 6.45) is 1.99. The highest BCUT2D eigenvalue weighted by Crippen LogP contribution is 2.36. The van der Waals surface area contributed by atoms with Gasteiger partial charge in [-0.15, -0.1) is 11.8 Å². The standard InChI is InChI=1S/C14H21NO2S/c1-10(16)9-15-13-4-3-7-18-14-6-5-11(17-2)8-12(13)14/h5-6,8,10,13,15-16H,3-4,7,9H2,1-2H3/t10-,13+/m1/s1. The molecule has 0 aromatic heterocycles. The van der Waals surface area contributed by atoms with Crippen LogP contribution in [0.2, 0.25) is 0 Å². The molecule has 1 aromatic carbocycles. The normalized spacial score (nSPS) is 20.9. The van der Waals surface area contributed by atoms with Crippen LogP contribution < -0.4 is 10.1 Å². The summed E-state index contributed by atoms with van der Waals surface area (Å²) in [6, 6.07) is 6.59. The number of methoxy groups -OCH3 is 1. The maximum absolute atomic E-state index is 9.41. The van der Waals surface area contributed by atoms with Gasteiger partial charge in [0.1, 0.15) is 5.75 Å². The van der Waals surface area contributed by atoms with Gasteiger partial charge < -0.3 is 15.2 Å². The summed E-state index contributed by atoms with van der Waals surface area (Å²) in [5.74, 6) is 2.06. The molecule has 0 aliphatic carbocycles. The highest BCUT2D eigenvalue weighted by molar-refractivity contribution is 7.99. The summed E-state index contributed by atoms with van der Waals surface area (Å²) in [7, 11) is 1.70. The molecule has 0 amide bonds. The summed E-state index contributed by atoms with van der Waals surface area (Å²) >= 11 is 1.91. The van der Waals surface area contributed by atoms with E-state index in [2.05, 4.69) is 17.4 Å². The molecule has 100 valence electrons. The summed E-state index contributed by atoms with van der Waals surface area (Å²) in [6.45, 7) is 2.44. The van der Waals surface area contributed by atoms with E-state index in [1.54, 1.807) is 7.11 Å². The molecule has 1 aliphatic rings. The van der Waals surface area contributed by atoms with Crippen LogP contribution in [0, 0.1) is 0 Å². The quantitative estimate of drug-likeness (QED) is 0.880. The number of aliphatic hydroxyl groups is 1. The minimum absolute atomic E-state index is 0.310. The van der Waals surface area contributed by atoms with Crippen LogP contribution in [0.5, 0.6) is 5.75 Å². The second kappa shape index (κ2) is 6.45. The van der Waals surface area contributed by atoms with Gasteiger partial charge in [-0.05, 0) is 49.3 Å². The highest BCUT2D eigenvalue weighted by Gasteiger charge is 2.19. The Morgan fingerprint density at radius 2 is 2.39 bits per heavy atom. The molecule has 2 rings (SSSR count). The van der Waals surface area contributed by atoms with Crippen LogP contribution in [0.3, 0.4) is 0 Å². The number of hydrogen-bond acceptors (Lipinski definition) is 4. The fourth-order valence-corrected chi connectivity index (χ4v) is 3.27. The average Bonchev–Trinajstić information content (AvgIpc) is 2.57. The Balaban J connectivity index is 2.21. The number of ether oxygens (including phenoxy) is 1. The molecule has 18 heavy (non-hydrogen) atoms. The van der Waals surface area contributed by atoms with Crippen LogP contribution in [-0.4, -0.2) is 30.6 Å². The molecule has 0 bridgehead atoms. The third kappa shape index (κ3) is 3.40. The largest absolute Gasteiger partial charge is 0.497 e. The van der Waals surface area contributed by atoms with E-state index in [-0.39, 0.29) is 6.10 Å². The van der Waals surface area contributed by atoms with Crippen molar-refractivity contribution in [2.45, 2.75) is 36.8 Å². The average molecular weight is 267 g/mol. The Morgan fingerprint density at radius 3 is 3.11 bits per heavy atom. The van der Waals surface area contributed by atoms with Crippen molar-refractivity contribution < 1.29 is 9.84 Å². The van der Waals surface area contributed by atoms with Gasteiger partial charge in [0, 0.05) is 17.5 Å². The molecule has 1 aliphatic heterocycles. The van der Waals surface area contributed by atoms with Crippen LogP contribution in [0.1, 0.15) is 31.4 Å². The molecule has 4 heteroatoms. The van der Waals surface area contributed by atoms with E-state index in [1.807, 2.05) is 24.8 Å². The zero-order valence-electron chi connectivity index (χ0n) is 11.0. The first-order chi connectivity index (χ1) is 8.70. The number of benzene rings is 1. The lowest BCUT2D eigenvalue weighted by molar-refractivity contribution is 0.185. The predicted molar refractivity (Wildman–Crippen MR) is 75.4 cm³/mol. The van der Waals surface area contributed by atoms with Crippen molar-refractivity contribution in [3.8, 4) is 5.75 Å². The van der Waals surface area contributed by atoms with Gasteiger partial charge >= 0.3 is 0 Å². The van der Waals surface area contributed by atoms with E-state index in [0.717, 1.165) is 17.9 Å². The minimum atomic E-state index is -0.310. The van der Waals surface area contributed by atoms with Gasteiger partial charge in [-0.1, -0.05) is 0 Å². The van der Waals surface area contributed by atoms with Gasteiger partial charge in [-0.3, -0.25) is 0 Å². The van der Waals surface area contributed by atoms with E-state index < -0.39 is 0 Å². The van der Waals surface area contributed by atoms with Gasteiger partial charge in [0.05, 0.1) is 13.2 Å². The molecule has 0 unspecified atom stereocenters. The Bertz CT molecular complexity index is 395. The van der Waals surface area contributed by atoms with Crippen molar-refractivity contribution in [3.63, 3.8) is 0 Å². The second-order valence-corrected chi connectivity index (χ2v) is 5.84. The number of rotatable bonds is 4. The van der Waals surface area contributed by atoms with E-state index in [4.69, 9.17) is 4.74 Å². The van der Waals surface area contributed by atoms with E-state index >= 15 is 0 Å². The molecular weight excluding hydrogens is 246 g/mol. The monoisotopic (exact) mass is 267 g/mol. The zero-order valence-corrected chi connectivity index (χ0v) is 11.8. The zero-order chi connectivity index (χ0) is 13.0. The minimum Gasteiger partial charge on any atom is -0.497 e. The third-order valence-electron chi connectivity index (χ3n) is 3.15. The van der Waals surface area contributed by atoms with Gasteiger partial charge in [0.15, 0.2) is 0 Å². The van der Waals surface area contributed by atoms with Gasteiger partial charge in [-0.2, -0.15) is 0 Å². The summed E-state index contributed by atoms with van der Waals surface area (Å²) in [5, 5.41) is 12.9. The SMILES string of the molecule is COc1ccc2c(c1)[C@@H](NC[C@@H](C)O)CCCS2. The number of fused-ring (bicyclic) bond motifs is 1. The topological polar surface area (TPSA) is 41.5 Å². The molecule has 1 heterocycles. The molecule has 3 nitrogen and oxygen atoms in total. The van der Waals surface area contributed by atoms with Crippen LogP contribution in [-0.2, 0) is 0 Å². The molecule has 2 atom stereocenters. The van der Waals surface area contributed by atoms with Crippen molar-refractivity contribution in [3.05, 3.63) is 23.8 Å². The molecule has 0 saturated heterocycles. The molecule has 0 radical (unpaired) electrons. The van der Waals surface area contributed by atoms with Crippen molar-refractivity contribution in [2.75, 3.05) is 19.4 Å². The Kier molecular flexibility index (Phi) is 4.92. The number of aliphatic hydroxyl groups excluding tert-OH is 1. The number of hydrogen-bond donors (Lipinski definition) is 2.